The van der Waals surface area contributed by atoms with Gasteiger partial charge < -0.3 is 9.15 Å². The van der Waals surface area contributed by atoms with Crippen LogP contribution in [0, 0.1) is 0 Å². The summed E-state index contributed by atoms with van der Waals surface area (Å²) in [6.45, 7) is 1.83. The van der Waals surface area contributed by atoms with E-state index in [0.717, 1.165) is 11.3 Å². The number of furan rings is 1. The minimum atomic E-state index is -0.578. The number of imide groups is 1. The van der Waals surface area contributed by atoms with E-state index in [1.54, 1.807) is 12.3 Å². The third-order valence-corrected chi connectivity index (χ3v) is 3.83. The van der Waals surface area contributed by atoms with Gasteiger partial charge >= 0.3 is 6.09 Å². The van der Waals surface area contributed by atoms with E-state index in [0.29, 0.717) is 6.42 Å². The van der Waals surface area contributed by atoms with Gasteiger partial charge in [-0.1, -0.05) is 30.3 Å². The molecular weight excluding hydrogens is 282 g/mol. The average Bonchev–Trinajstić information content (AvgIpc) is 3.14. The van der Waals surface area contributed by atoms with Crippen LogP contribution in [0.2, 0.25) is 0 Å². The highest BCUT2D eigenvalue weighted by atomic mass is 16.6. The number of benzene rings is 1. The highest BCUT2D eigenvalue weighted by molar-refractivity contribution is 5.93. The molecule has 1 aliphatic rings. The van der Waals surface area contributed by atoms with Gasteiger partial charge in [0, 0.05) is 12.8 Å². The van der Waals surface area contributed by atoms with Crippen LogP contribution in [0.4, 0.5) is 4.79 Å². The van der Waals surface area contributed by atoms with E-state index in [1.165, 1.54) is 4.90 Å². The Labute approximate surface area is 128 Å². The first-order valence-electron chi connectivity index (χ1n) is 7.27. The van der Waals surface area contributed by atoms with Gasteiger partial charge in [-0.15, -0.1) is 0 Å². The van der Waals surface area contributed by atoms with Gasteiger partial charge in [0.05, 0.1) is 12.3 Å². The summed E-state index contributed by atoms with van der Waals surface area (Å²) in [5.74, 6) is 0.487. The van der Waals surface area contributed by atoms with Gasteiger partial charge in [0.15, 0.2) is 0 Å². The summed E-state index contributed by atoms with van der Waals surface area (Å²) >= 11 is 0. The maximum atomic E-state index is 12.3. The standard InChI is InChI=1S/C17H17NO4/c1-12-16(13-6-3-2-4-7-13)22-17(20)18(12)15(19)10-9-14-8-5-11-21-14/h2-8,11-12,16H,9-10H2,1H3. The molecule has 1 fully saturated rings. The second kappa shape index (κ2) is 6.05. The molecule has 1 saturated heterocycles. The van der Waals surface area contributed by atoms with Crippen molar-refractivity contribution < 1.29 is 18.7 Å². The molecule has 0 radical (unpaired) electrons. The molecule has 5 heteroatoms. The Hall–Kier alpha value is -2.56. The summed E-state index contributed by atoms with van der Waals surface area (Å²) in [7, 11) is 0. The highest BCUT2D eigenvalue weighted by Crippen LogP contribution is 2.32. The number of hydrogen-bond donors (Lipinski definition) is 0. The van der Waals surface area contributed by atoms with E-state index < -0.39 is 12.2 Å². The number of amides is 2. The molecule has 0 N–H and O–H groups in total. The monoisotopic (exact) mass is 299 g/mol. The number of ether oxygens (including phenoxy) is 1. The SMILES string of the molecule is CC1C(c2ccccc2)OC(=O)N1C(=O)CCc1ccco1. The van der Waals surface area contributed by atoms with E-state index in [-0.39, 0.29) is 18.4 Å². The Kier molecular flexibility index (Phi) is 3.96. The lowest BCUT2D eigenvalue weighted by Gasteiger charge is -2.19. The van der Waals surface area contributed by atoms with Gasteiger partial charge in [-0.3, -0.25) is 4.79 Å². The Balaban J connectivity index is 1.68. The van der Waals surface area contributed by atoms with Crippen LogP contribution in [0.1, 0.15) is 30.8 Å². The fourth-order valence-electron chi connectivity index (χ4n) is 2.69. The lowest BCUT2D eigenvalue weighted by molar-refractivity contribution is -0.129. The molecule has 114 valence electrons. The zero-order valence-electron chi connectivity index (χ0n) is 12.3. The summed E-state index contributed by atoms with van der Waals surface area (Å²) < 4.78 is 10.6. The molecule has 0 saturated carbocycles. The largest absolute Gasteiger partial charge is 0.469 e. The predicted molar refractivity (Wildman–Crippen MR) is 79.0 cm³/mol. The van der Waals surface area contributed by atoms with Crippen LogP contribution in [0.15, 0.2) is 53.1 Å². The zero-order valence-corrected chi connectivity index (χ0v) is 12.3. The minimum absolute atomic E-state index is 0.217. The van der Waals surface area contributed by atoms with Gasteiger partial charge in [-0.05, 0) is 24.6 Å². The molecule has 0 spiro atoms. The van der Waals surface area contributed by atoms with Crippen molar-refractivity contribution in [3.05, 3.63) is 60.1 Å². The third kappa shape index (κ3) is 2.74. The Morgan fingerprint density at radius 2 is 1.95 bits per heavy atom. The molecule has 0 aliphatic carbocycles. The summed E-state index contributed by atoms with van der Waals surface area (Å²) in [4.78, 5) is 25.6. The first-order valence-corrected chi connectivity index (χ1v) is 7.27. The van der Waals surface area contributed by atoms with Crippen LogP contribution in [0.5, 0.6) is 0 Å². The number of hydrogen-bond acceptors (Lipinski definition) is 4. The number of cyclic esters (lactones) is 1. The Morgan fingerprint density at radius 1 is 1.18 bits per heavy atom. The number of rotatable bonds is 4. The molecule has 5 nitrogen and oxygen atoms in total. The maximum absolute atomic E-state index is 12.3. The van der Waals surface area contributed by atoms with Crippen LogP contribution < -0.4 is 0 Å². The summed E-state index contributed by atoms with van der Waals surface area (Å²) in [5.41, 5.74) is 0.893. The average molecular weight is 299 g/mol. The number of carbonyl (C=O) groups excluding carboxylic acids is 2. The van der Waals surface area contributed by atoms with Crippen molar-refractivity contribution in [2.24, 2.45) is 0 Å². The predicted octanol–water partition coefficient (Wildman–Crippen LogP) is 3.32. The summed E-state index contributed by atoms with van der Waals surface area (Å²) in [6, 6.07) is 12.7. The zero-order chi connectivity index (χ0) is 15.5. The van der Waals surface area contributed by atoms with Crippen molar-refractivity contribution in [3.63, 3.8) is 0 Å². The fraction of sp³-hybridized carbons (Fsp3) is 0.294. The van der Waals surface area contributed by atoms with E-state index in [9.17, 15) is 9.59 Å². The first-order chi connectivity index (χ1) is 10.7. The van der Waals surface area contributed by atoms with Crippen molar-refractivity contribution in [2.45, 2.75) is 31.9 Å². The molecule has 2 amide bonds. The molecule has 2 unspecified atom stereocenters. The van der Waals surface area contributed by atoms with Gasteiger partial charge in [-0.25, -0.2) is 9.69 Å². The second-order valence-electron chi connectivity index (χ2n) is 5.30. The Morgan fingerprint density at radius 3 is 2.64 bits per heavy atom. The lowest BCUT2D eigenvalue weighted by atomic mass is 10.0. The maximum Gasteiger partial charge on any atom is 0.417 e. The van der Waals surface area contributed by atoms with E-state index >= 15 is 0 Å². The van der Waals surface area contributed by atoms with Crippen LogP contribution in [0.3, 0.4) is 0 Å². The molecule has 2 heterocycles. The molecular formula is C17H17NO4. The van der Waals surface area contributed by atoms with Gasteiger partial charge in [-0.2, -0.15) is 0 Å². The fourth-order valence-corrected chi connectivity index (χ4v) is 2.69. The van der Waals surface area contributed by atoms with Gasteiger partial charge in [0.2, 0.25) is 5.91 Å². The first kappa shape index (κ1) is 14.4. The van der Waals surface area contributed by atoms with E-state index in [4.69, 9.17) is 9.15 Å². The quantitative estimate of drug-likeness (QED) is 0.869. The Bertz CT molecular complexity index is 651. The molecule has 1 aliphatic heterocycles. The topological polar surface area (TPSA) is 59.8 Å². The molecule has 1 aromatic carbocycles. The van der Waals surface area contributed by atoms with Crippen molar-refractivity contribution >= 4 is 12.0 Å². The molecule has 3 rings (SSSR count). The van der Waals surface area contributed by atoms with Crippen molar-refractivity contribution in [2.75, 3.05) is 0 Å². The van der Waals surface area contributed by atoms with E-state index in [1.807, 2.05) is 43.3 Å². The van der Waals surface area contributed by atoms with Crippen LogP contribution in [-0.2, 0) is 16.0 Å². The van der Waals surface area contributed by atoms with Crippen LogP contribution >= 0.6 is 0 Å². The molecule has 2 atom stereocenters. The summed E-state index contributed by atoms with van der Waals surface area (Å²) in [5, 5.41) is 0. The number of aryl methyl sites for hydroxylation is 1. The minimum Gasteiger partial charge on any atom is -0.469 e. The highest BCUT2D eigenvalue weighted by Gasteiger charge is 2.42. The van der Waals surface area contributed by atoms with Gasteiger partial charge in [0.1, 0.15) is 11.9 Å². The van der Waals surface area contributed by atoms with Crippen molar-refractivity contribution in [1.82, 2.24) is 4.90 Å². The molecule has 22 heavy (non-hydrogen) atoms. The van der Waals surface area contributed by atoms with Gasteiger partial charge in [0.25, 0.3) is 0 Å². The summed E-state index contributed by atoms with van der Waals surface area (Å²) in [6.07, 6.45) is 1.26. The third-order valence-electron chi connectivity index (χ3n) is 3.83. The van der Waals surface area contributed by atoms with Crippen molar-refractivity contribution in [3.8, 4) is 0 Å². The number of nitrogens with zero attached hydrogens (tertiary/aromatic N) is 1. The molecule has 2 aromatic rings. The van der Waals surface area contributed by atoms with E-state index in [2.05, 4.69) is 0 Å². The second-order valence-corrected chi connectivity index (χ2v) is 5.30. The molecule has 0 bridgehead atoms. The lowest BCUT2D eigenvalue weighted by Crippen LogP contribution is -2.37. The van der Waals surface area contributed by atoms with Crippen molar-refractivity contribution in [1.29, 1.82) is 0 Å². The number of carbonyl (C=O) groups is 2. The molecule has 1 aromatic heterocycles. The smallest absolute Gasteiger partial charge is 0.417 e. The normalized spacial score (nSPS) is 21.0. The van der Waals surface area contributed by atoms with Crippen LogP contribution in [0.25, 0.3) is 0 Å². The van der Waals surface area contributed by atoms with Crippen LogP contribution in [-0.4, -0.2) is 22.9 Å².